The van der Waals surface area contributed by atoms with Crippen molar-refractivity contribution in [3.63, 3.8) is 0 Å². The lowest BCUT2D eigenvalue weighted by atomic mass is 10.2. The third-order valence-corrected chi connectivity index (χ3v) is 3.30. The quantitative estimate of drug-likeness (QED) is 0.390. The molecule has 2 N–H and O–H groups in total. The molecule has 0 saturated carbocycles. The van der Waals surface area contributed by atoms with Crippen molar-refractivity contribution in [2.24, 2.45) is 5.14 Å². The highest BCUT2D eigenvalue weighted by molar-refractivity contribution is 7.97. The van der Waals surface area contributed by atoms with E-state index in [1.165, 1.54) is 13.2 Å². The fourth-order valence-electron chi connectivity index (χ4n) is 1.76. The van der Waals surface area contributed by atoms with Crippen molar-refractivity contribution >= 4 is 23.6 Å². The Hall–Kier alpha value is -2.58. The van der Waals surface area contributed by atoms with Crippen LogP contribution in [0.25, 0.3) is 0 Å². The average molecular weight is 320 g/mol. The van der Waals surface area contributed by atoms with Gasteiger partial charge in [-0.3, -0.25) is 15.3 Å². The van der Waals surface area contributed by atoms with E-state index in [1.807, 2.05) is 0 Å². The minimum Gasteiger partial charge on any atom is -0.465 e. The van der Waals surface area contributed by atoms with E-state index in [0.29, 0.717) is 5.75 Å². The van der Waals surface area contributed by atoms with Gasteiger partial charge in [-0.2, -0.15) is 0 Å². The lowest BCUT2D eigenvalue weighted by molar-refractivity contribution is -0.385. The highest BCUT2D eigenvalue weighted by Crippen LogP contribution is 2.39. The van der Waals surface area contributed by atoms with Crippen LogP contribution in [-0.2, 0) is 4.74 Å². The van der Waals surface area contributed by atoms with Crippen molar-refractivity contribution in [3.05, 3.63) is 58.1 Å². The van der Waals surface area contributed by atoms with Crippen LogP contribution in [0.15, 0.2) is 47.4 Å². The van der Waals surface area contributed by atoms with Crippen LogP contribution in [0, 0.1) is 10.1 Å². The van der Waals surface area contributed by atoms with E-state index < -0.39 is 10.9 Å². The zero-order chi connectivity index (χ0) is 16.1. The second kappa shape index (κ2) is 6.92. The molecule has 0 aliphatic rings. The molecule has 114 valence electrons. The van der Waals surface area contributed by atoms with Gasteiger partial charge in [-0.05, 0) is 30.1 Å². The van der Waals surface area contributed by atoms with Gasteiger partial charge >= 0.3 is 11.7 Å². The molecule has 0 aliphatic carbocycles. The maximum absolute atomic E-state index is 11.6. The predicted molar refractivity (Wildman–Crippen MR) is 81.0 cm³/mol. The highest BCUT2D eigenvalue weighted by atomic mass is 32.2. The van der Waals surface area contributed by atoms with Crippen LogP contribution in [0.1, 0.15) is 10.4 Å². The van der Waals surface area contributed by atoms with E-state index in [9.17, 15) is 14.9 Å². The number of ether oxygens (including phenoxy) is 2. The molecule has 0 unspecified atom stereocenters. The lowest BCUT2D eigenvalue weighted by Crippen LogP contribution is -2.05. The zero-order valence-electron chi connectivity index (χ0n) is 11.5. The molecule has 2 aromatic carbocycles. The molecule has 0 saturated heterocycles. The predicted octanol–water partition coefficient (Wildman–Crippen LogP) is 3.14. The van der Waals surface area contributed by atoms with E-state index in [-0.39, 0.29) is 21.9 Å². The molecule has 0 heterocycles. The third kappa shape index (κ3) is 3.35. The first-order chi connectivity index (χ1) is 10.6. The van der Waals surface area contributed by atoms with Crippen LogP contribution in [0.5, 0.6) is 11.5 Å². The number of rotatable bonds is 5. The summed E-state index contributed by atoms with van der Waals surface area (Å²) in [6.07, 6.45) is 0. The van der Waals surface area contributed by atoms with Crippen molar-refractivity contribution in [3.8, 4) is 11.5 Å². The molecular weight excluding hydrogens is 308 g/mol. The molecule has 0 fully saturated rings. The average Bonchev–Trinajstić information content (AvgIpc) is 2.54. The van der Waals surface area contributed by atoms with E-state index in [0.717, 1.165) is 18.0 Å². The van der Waals surface area contributed by atoms with E-state index in [4.69, 9.17) is 9.88 Å². The first-order valence-electron chi connectivity index (χ1n) is 6.07. The van der Waals surface area contributed by atoms with Crippen LogP contribution >= 0.6 is 11.9 Å². The Balaban J connectivity index is 2.55. The Morgan fingerprint density at radius 2 is 1.95 bits per heavy atom. The normalized spacial score (nSPS) is 10.1. The van der Waals surface area contributed by atoms with Crippen LogP contribution in [0.2, 0.25) is 0 Å². The summed E-state index contributed by atoms with van der Waals surface area (Å²) in [5.41, 5.74) is -0.331. The Morgan fingerprint density at radius 3 is 2.50 bits per heavy atom. The number of nitrogens with two attached hydrogens (primary N) is 1. The van der Waals surface area contributed by atoms with Gasteiger partial charge < -0.3 is 9.47 Å². The number of para-hydroxylation sites is 1. The van der Waals surface area contributed by atoms with Crippen LogP contribution in [-0.4, -0.2) is 18.0 Å². The van der Waals surface area contributed by atoms with Crippen LogP contribution in [0.3, 0.4) is 0 Å². The SMILES string of the molecule is COC(=O)c1cc(SN)c(Oc2ccccc2)c([N+](=O)[O-])c1. The number of benzene rings is 2. The van der Waals surface area contributed by atoms with Crippen molar-refractivity contribution in [2.45, 2.75) is 4.90 Å². The van der Waals surface area contributed by atoms with Crippen LogP contribution in [0.4, 0.5) is 5.69 Å². The van der Waals surface area contributed by atoms with Gasteiger partial charge in [-0.1, -0.05) is 18.2 Å². The van der Waals surface area contributed by atoms with Crippen molar-refractivity contribution < 1.29 is 19.2 Å². The molecule has 0 amide bonds. The molecular formula is C14H12N2O5S. The molecule has 0 atom stereocenters. The summed E-state index contributed by atoms with van der Waals surface area (Å²) < 4.78 is 10.1. The Kier molecular flexibility index (Phi) is 4.97. The maximum Gasteiger partial charge on any atom is 0.338 e. The number of nitrogens with zero attached hydrogens (tertiary/aromatic N) is 1. The maximum atomic E-state index is 11.6. The molecule has 0 aliphatic heterocycles. The van der Waals surface area contributed by atoms with Crippen molar-refractivity contribution in [1.29, 1.82) is 0 Å². The smallest absolute Gasteiger partial charge is 0.338 e. The number of carbonyl (C=O) groups excluding carboxylic acids is 1. The van der Waals surface area contributed by atoms with Gasteiger partial charge in [0.05, 0.1) is 22.5 Å². The van der Waals surface area contributed by atoms with E-state index in [1.54, 1.807) is 30.3 Å². The Bertz CT molecular complexity index is 706. The minimum absolute atomic E-state index is 0.0173. The second-order valence-electron chi connectivity index (χ2n) is 4.10. The largest absolute Gasteiger partial charge is 0.465 e. The standard InChI is InChI=1S/C14H12N2O5S/c1-20-14(17)9-7-11(16(18)19)13(12(8-9)22-15)21-10-5-3-2-4-6-10/h2-8H,15H2,1H3. The topological polar surface area (TPSA) is 105 Å². The first kappa shape index (κ1) is 15.8. The molecule has 7 nitrogen and oxygen atoms in total. The van der Waals surface area contributed by atoms with Gasteiger partial charge in [0.1, 0.15) is 5.75 Å². The summed E-state index contributed by atoms with van der Waals surface area (Å²) in [5.74, 6) is -0.285. The fourth-order valence-corrected chi connectivity index (χ4v) is 2.20. The first-order valence-corrected chi connectivity index (χ1v) is 6.95. The molecule has 2 rings (SSSR count). The highest BCUT2D eigenvalue weighted by Gasteiger charge is 2.24. The van der Waals surface area contributed by atoms with E-state index in [2.05, 4.69) is 4.74 Å². The number of hydrogen-bond acceptors (Lipinski definition) is 7. The molecule has 22 heavy (non-hydrogen) atoms. The van der Waals surface area contributed by atoms with E-state index >= 15 is 0 Å². The summed E-state index contributed by atoms with van der Waals surface area (Å²) in [5, 5.41) is 16.8. The summed E-state index contributed by atoms with van der Waals surface area (Å²) in [7, 11) is 1.19. The number of carbonyl (C=O) groups is 1. The van der Waals surface area contributed by atoms with Gasteiger partial charge in [0.2, 0.25) is 5.75 Å². The van der Waals surface area contributed by atoms with Crippen molar-refractivity contribution in [2.75, 3.05) is 7.11 Å². The molecule has 0 spiro atoms. The number of hydrogen-bond donors (Lipinski definition) is 1. The Labute approximate surface area is 130 Å². The fraction of sp³-hybridized carbons (Fsp3) is 0.0714. The third-order valence-electron chi connectivity index (χ3n) is 2.74. The molecule has 0 bridgehead atoms. The lowest BCUT2D eigenvalue weighted by Gasteiger charge is -2.11. The monoisotopic (exact) mass is 320 g/mol. The number of methoxy groups -OCH3 is 1. The molecule has 8 heteroatoms. The number of nitro benzene ring substituents is 1. The zero-order valence-corrected chi connectivity index (χ0v) is 12.3. The summed E-state index contributed by atoms with van der Waals surface area (Å²) >= 11 is 0.751. The van der Waals surface area contributed by atoms with Gasteiger partial charge in [-0.15, -0.1) is 0 Å². The summed E-state index contributed by atoms with van der Waals surface area (Å²) in [6, 6.07) is 11.1. The Morgan fingerprint density at radius 1 is 1.27 bits per heavy atom. The second-order valence-corrected chi connectivity index (χ2v) is 4.78. The van der Waals surface area contributed by atoms with Gasteiger partial charge in [0.25, 0.3) is 0 Å². The summed E-state index contributed by atoms with van der Waals surface area (Å²) in [4.78, 5) is 22.5. The molecule has 2 aromatic rings. The minimum atomic E-state index is -0.690. The van der Waals surface area contributed by atoms with Crippen molar-refractivity contribution in [1.82, 2.24) is 0 Å². The van der Waals surface area contributed by atoms with Crippen LogP contribution < -0.4 is 9.88 Å². The molecule has 0 radical (unpaired) electrons. The van der Waals surface area contributed by atoms with Gasteiger partial charge in [0, 0.05) is 6.07 Å². The van der Waals surface area contributed by atoms with Gasteiger partial charge in [-0.25, -0.2) is 4.79 Å². The molecule has 0 aromatic heterocycles. The van der Waals surface area contributed by atoms with Gasteiger partial charge in [0.15, 0.2) is 0 Å². The number of nitro groups is 1. The number of esters is 1. The summed E-state index contributed by atoms with van der Waals surface area (Å²) in [6.45, 7) is 0.